The summed E-state index contributed by atoms with van der Waals surface area (Å²) in [4.78, 5) is 2.26. The summed E-state index contributed by atoms with van der Waals surface area (Å²) < 4.78 is 5.75. The van der Waals surface area contributed by atoms with E-state index in [9.17, 15) is 0 Å². The summed E-state index contributed by atoms with van der Waals surface area (Å²) in [5.41, 5.74) is 0. The number of likely N-dealkylation sites (N-methyl/N-ethyl adjacent to an activating group) is 1. The first-order valence-electron chi connectivity index (χ1n) is 6.64. The third kappa shape index (κ3) is 4.81. The Labute approximate surface area is 101 Å². The Morgan fingerprint density at radius 2 is 2.19 bits per heavy atom. The van der Waals surface area contributed by atoms with Gasteiger partial charge in [-0.3, -0.25) is 0 Å². The summed E-state index contributed by atoms with van der Waals surface area (Å²) in [6, 6.07) is 1.26. The average molecular weight is 228 g/mol. The molecule has 0 aliphatic carbocycles. The minimum atomic E-state index is 0.492. The van der Waals surface area contributed by atoms with Gasteiger partial charge >= 0.3 is 0 Å². The van der Waals surface area contributed by atoms with E-state index >= 15 is 0 Å². The highest BCUT2D eigenvalue weighted by atomic mass is 16.5. The maximum absolute atomic E-state index is 5.75. The largest absolute Gasteiger partial charge is 0.378 e. The quantitative estimate of drug-likeness (QED) is 0.751. The lowest BCUT2D eigenvalue weighted by molar-refractivity contribution is -0.00381. The smallest absolute Gasteiger partial charge is 0.0589 e. The number of rotatable bonds is 6. The van der Waals surface area contributed by atoms with Gasteiger partial charge in [-0.15, -0.1) is 0 Å². The van der Waals surface area contributed by atoms with E-state index in [4.69, 9.17) is 4.74 Å². The van der Waals surface area contributed by atoms with E-state index in [-0.39, 0.29) is 0 Å². The fraction of sp³-hybridized carbons (Fsp3) is 1.00. The number of nitrogens with one attached hydrogen (secondary N) is 1. The Kier molecular flexibility index (Phi) is 6.32. The van der Waals surface area contributed by atoms with Crippen molar-refractivity contribution in [2.24, 2.45) is 0 Å². The highest BCUT2D eigenvalue weighted by molar-refractivity contribution is 4.78. The van der Waals surface area contributed by atoms with E-state index < -0.39 is 0 Å². The maximum atomic E-state index is 5.75. The zero-order valence-corrected chi connectivity index (χ0v) is 11.3. The van der Waals surface area contributed by atoms with Crippen LogP contribution >= 0.6 is 0 Å². The predicted octanol–water partition coefficient (Wildman–Crippen LogP) is 1.87. The van der Waals surface area contributed by atoms with Crippen LogP contribution < -0.4 is 5.32 Å². The van der Waals surface area contributed by atoms with Gasteiger partial charge in [-0.1, -0.05) is 13.3 Å². The van der Waals surface area contributed by atoms with Crippen molar-refractivity contribution in [3.05, 3.63) is 0 Å². The molecule has 3 atom stereocenters. The highest BCUT2D eigenvalue weighted by Crippen LogP contribution is 2.17. The molecule has 1 rings (SSSR count). The van der Waals surface area contributed by atoms with Crippen LogP contribution in [-0.2, 0) is 4.74 Å². The maximum Gasteiger partial charge on any atom is 0.0589 e. The standard InChI is InChI=1S/C13H28N2O/c1-5-6-13-9-12(7-8-16-13)14-10-11(2)15(3)4/h11-14H,5-10H2,1-4H3. The lowest BCUT2D eigenvalue weighted by Gasteiger charge is -2.31. The molecule has 3 unspecified atom stereocenters. The van der Waals surface area contributed by atoms with Crippen LogP contribution in [0.2, 0.25) is 0 Å². The lowest BCUT2D eigenvalue weighted by atomic mass is 10.00. The van der Waals surface area contributed by atoms with Gasteiger partial charge in [-0.2, -0.15) is 0 Å². The molecule has 1 aliphatic rings. The third-order valence-electron chi connectivity index (χ3n) is 3.56. The van der Waals surface area contributed by atoms with E-state index in [1.54, 1.807) is 0 Å². The molecule has 0 bridgehead atoms. The van der Waals surface area contributed by atoms with Crippen molar-refractivity contribution in [3.63, 3.8) is 0 Å². The topological polar surface area (TPSA) is 24.5 Å². The predicted molar refractivity (Wildman–Crippen MR) is 68.8 cm³/mol. The van der Waals surface area contributed by atoms with Crippen LogP contribution in [-0.4, -0.2) is 50.3 Å². The molecule has 1 saturated heterocycles. The van der Waals surface area contributed by atoms with Gasteiger partial charge in [-0.05, 0) is 40.3 Å². The molecule has 0 spiro atoms. The van der Waals surface area contributed by atoms with E-state index in [0.717, 1.165) is 13.2 Å². The molecular weight excluding hydrogens is 200 g/mol. The first-order chi connectivity index (χ1) is 7.63. The van der Waals surface area contributed by atoms with Crippen LogP contribution in [0.4, 0.5) is 0 Å². The van der Waals surface area contributed by atoms with Crippen LogP contribution in [0.1, 0.15) is 39.5 Å². The van der Waals surface area contributed by atoms with Crippen molar-refractivity contribution in [2.75, 3.05) is 27.2 Å². The molecule has 1 heterocycles. The number of hydrogen-bond acceptors (Lipinski definition) is 3. The highest BCUT2D eigenvalue weighted by Gasteiger charge is 2.21. The Morgan fingerprint density at radius 3 is 2.81 bits per heavy atom. The first kappa shape index (κ1) is 13.9. The molecule has 1 N–H and O–H groups in total. The zero-order chi connectivity index (χ0) is 12.0. The van der Waals surface area contributed by atoms with E-state index in [2.05, 4.69) is 38.2 Å². The summed E-state index contributed by atoms with van der Waals surface area (Å²) in [6.45, 7) is 6.50. The molecule has 3 heteroatoms. The van der Waals surface area contributed by atoms with Crippen LogP contribution in [0.3, 0.4) is 0 Å². The molecule has 0 radical (unpaired) electrons. The summed E-state index contributed by atoms with van der Waals surface area (Å²) in [7, 11) is 4.27. The van der Waals surface area contributed by atoms with Gasteiger partial charge in [0, 0.05) is 25.2 Å². The first-order valence-corrected chi connectivity index (χ1v) is 6.64. The summed E-state index contributed by atoms with van der Waals surface area (Å²) in [6.07, 6.45) is 5.28. The van der Waals surface area contributed by atoms with Crippen molar-refractivity contribution in [1.82, 2.24) is 10.2 Å². The van der Waals surface area contributed by atoms with Gasteiger partial charge in [0.1, 0.15) is 0 Å². The van der Waals surface area contributed by atoms with E-state index in [0.29, 0.717) is 18.2 Å². The third-order valence-corrected chi connectivity index (χ3v) is 3.56. The molecule has 96 valence electrons. The molecular formula is C13H28N2O. The van der Waals surface area contributed by atoms with Crippen LogP contribution in [0.15, 0.2) is 0 Å². The van der Waals surface area contributed by atoms with Gasteiger partial charge in [-0.25, -0.2) is 0 Å². The summed E-state index contributed by atoms with van der Waals surface area (Å²) in [5, 5.41) is 3.67. The van der Waals surface area contributed by atoms with Gasteiger partial charge in [0.2, 0.25) is 0 Å². The van der Waals surface area contributed by atoms with Crippen molar-refractivity contribution in [3.8, 4) is 0 Å². The fourth-order valence-electron chi connectivity index (χ4n) is 2.11. The SMILES string of the molecule is CCCC1CC(NCC(C)N(C)C)CCO1. The molecule has 1 aliphatic heterocycles. The molecule has 0 aromatic heterocycles. The monoisotopic (exact) mass is 228 g/mol. The molecule has 0 amide bonds. The molecule has 3 nitrogen and oxygen atoms in total. The Morgan fingerprint density at radius 1 is 1.44 bits per heavy atom. The summed E-state index contributed by atoms with van der Waals surface area (Å²) >= 11 is 0. The number of ether oxygens (including phenoxy) is 1. The van der Waals surface area contributed by atoms with Crippen molar-refractivity contribution in [1.29, 1.82) is 0 Å². The number of nitrogens with zero attached hydrogens (tertiary/aromatic N) is 1. The van der Waals surface area contributed by atoms with Gasteiger partial charge in [0.25, 0.3) is 0 Å². The van der Waals surface area contributed by atoms with Gasteiger partial charge < -0.3 is 15.0 Å². The fourth-order valence-corrected chi connectivity index (χ4v) is 2.11. The molecule has 16 heavy (non-hydrogen) atoms. The Hall–Kier alpha value is -0.120. The van der Waals surface area contributed by atoms with Gasteiger partial charge in [0.15, 0.2) is 0 Å². The molecule has 1 fully saturated rings. The Balaban J connectivity index is 2.21. The van der Waals surface area contributed by atoms with E-state index in [1.807, 2.05) is 0 Å². The second kappa shape index (κ2) is 7.25. The second-order valence-corrected chi connectivity index (χ2v) is 5.22. The second-order valence-electron chi connectivity index (χ2n) is 5.22. The summed E-state index contributed by atoms with van der Waals surface area (Å²) in [5.74, 6) is 0. The van der Waals surface area contributed by atoms with Crippen molar-refractivity contribution < 1.29 is 4.74 Å². The number of hydrogen-bond donors (Lipinski definition) is 1. The van der Waals surface area contributed by atoms with Gasteiger partial charge in [0.05, 0.1) is 6.10 Å². The zero-order valence-electron chi connectivity index (χ0n) is 11.3. The Bertz CT molecular complexity index is 183. The molecule has 0 aromatic carbocycles. The van der Waals surface area contributed by atoms with Crippen LogP contribution in [0.25, 0.3) is 0 Å². The lowest BCUT2D eigenvalue weighted by Crippen LogP contribution is -2.44. The van der Waals surface area contributed by atoms with Crippen LogP contribution in [0, 0.1) is 0 Å². The normalized spacial score (nSPS) is 28.3. The van der Waals surface area contributed by atoms with Crippen molar-refractivity contribution in [2.45, 2.75) is 57.7 Å². The van der Waals surface area contributed by atoms with Crippen molar-refractivity contribution >= 4 is 0 Å². The average Bonchev–Trinajstić information content (AvgIpc) is 2.26. The van der Waals surface area contributed by atoms with Crippen LogP contribution in [0.5, 0.6) is 0 Å². The minimum Gasteiger partial charge on any atom is -0.378 e. The molecule has 0 aromatic rings. The minimum absolute atomic E-state index is 0.492. The van der Waals surface area contributed by atoms with E-state index in [1.165, 1.54) is 25.7 Å². The molecule has 0 saturated carbocycles.